The molecule has 0 bridgehead atoms. The fraction of sp³-hybridized carbons (Fsp3) is 0.278. The molecule has 4 nitrogen and oxygen atoms in total. The number of carbonyl (C=O) groups is 1. The lowest BCUT2D eigenvalue weighted by Crippen LogP contribution is -2.46. The number of hydrogen-bond donors (Lipinski definition) is 2. The van der Waals surface area contributed by atoms with Gasteiger partial charge in [0.2, 0.25) is 5.91 Å². The number of carbonyl (C=O) groups excluding carboxylic acids is 1. The first-order chi connectivity index (χ1) is 11.0. The summed E-state index contributed by atoms with van der Waals surface area (Å²) in [5, 5.41) is 3.43. The summed E-state index contributed by atoms with van der Waals surface area (Å²) in [6.45, 7) is 2.89. The Labute approximate surface area is 141 Å². The molecule has 1 unspecified atom stereocenters. The van der Waals surface area contributed by atoms with Crippen LogP contribution in [0.1, 0.15) is 11.1 Å². The Kier molecular flexibility index (Phi) is 4.55. The van der Waals surface area contributed by atoms with Gasteiger partial charge in [-0.3, -0.25) is 4.79 Å². The van der Waals surface area contributed by atoms with Gasteiger partial charge in [0.25, 0.3) is 0 Å². The molecule has 2 aromatic carbocycles. The van der Waals surface area contributed by atoms with Crippen LogP contribution in [0.25, 0.3) is 0 Å². The fourth-order valence-corrected chi connectivity index (χ4v) is 3.24. The second-order valence-corrected chi connectivity index (χ2v) is 6.41. The number of fused-ring (bicyclic) bond motifs is 1. The zero-order chi connectivity index (χ0) is 16.4. The van der Waals surface area contributed by atoms with E-state index in [0.717, 1.165) is 17.7 Å². The van der Waals surface area contributed by atoms with E-state index in [4.69, 9.17) is 17.3 Å². The molecule has 2 aromatic rings. The van der Waals surface area contributed by atoms with Crippen LogP contribution in [-0.4, -0.2) is 25.0 Å². The number of anilines is 2. The van der Waals surface area contributed by atoms with Gasteiger partial charge < -0.3 is 16.0 Å². The third-order valence-electron chi connectivity index (χ3n) is 4.00. The van der Waals surface area contributed by atoms with Crippen LogP contribution in [-0.2, 0) is 11.2 Å². The molecule has 23 heavy (non-hydrogen) atoms. The average Bonchev–Trinajstić information content (AvgIpc) is 2.50. The highest BCUT2D eigenvalue weighted by Crippen LogP contribution is 2.27. The summed E-state index contributed by atoms with van der Waals surface area (Å²) in [6.07, 6.45) is 0.845. The second-order valence-electron chi connectivity index (χ2n) is 6.00. The van der Waals surface area contributed by atoms with E-state index >= 15 is 0 Å². The molecular weight excluding hydrogens is 310 g/mol. The first kappa shape index (κ1) is 15.8. The van der Waals surface area contributed by atoms with E-state index in [2.05, 4.69) is 11.4 Å². The highest BCUT2D eigenvalue weighted by Gasteiger charge is 2.23. The lowest BCUT2D eigenvalue weighted by atomic mass is 9.98. The van der Waals surface area contributed by atoms with Gasteiger partial charge in [0, 0.05) is 18.3 Å². The fourth-order valence-electron chi connectivity index (χ4n) is 2.95. The van der Waals surface area contributed by atoms with Gasteiger partial charge in [0.15, 0.2) is 0 Å². The van der Waals surface area contributed by atoms with Crippen molar-refractivity contribution in [1.82, 2.24) is 0 Å². The Hall–Kier alpha value is -2.04. The Balaban J connectivity index is 1.73. The molecule has 0 fully saturated rings. The number of rotatable bonds is 3. The number of aryl methyl sites for hydroxylation is 1. The van der Waals surface area contributed by atoms with Gasteiger partial charge in [0.05, 0.1) is 17.3 Å². The second kappa shape index (κ2) is 6.60. The largest absolute Gasteiger partial charge is 0.360 e. The predicted molar refractivity (Wildman–Crippen MR) is 95.2 cm³/mol. The maximum Gasteiger partial charge on any atom is 0.243 e. The van der Waals surface area contributed by atoms with Crippen LogP contribution in [0.2, 0.25) is 5.02 Å². The molecule has 1 aliphatic rings. The van der Waals surface area contributed by atoms with Crippen LogP contribution < -0.4 is 16.0 Å². The van der Waals surface area contributed by atoms with Gasteiger partial charge in [0.1, 0.15) is 0 Å². The first-order valence-corrected chi connectivity index (χ1v) is 8.05. The number of halogens is 1. The van der Waals surface area contributed by atoms with Crippen LogP contribution in [0.3, 0.4) is 0 Å². The van der Waals surface area contributed by atoms with Crippen molar-refractivity contribution in [3.05, 3.63) is 58.6 Å². The van der Waals surface area contributed by atoms with Crippen LogP contribution in [0.4, 0.5) is 11.4 Å². The molecule has 0 saturated carbocycles. The quantitative estimate of drug-likeness (QED) is 0.910. The van der Waals surface area contributed by atoms with Crippen molar-refractivity contribution in [2.45, 2.75) is 19.4 Å². The number of nitrogens with zero attached hydrogens (tertiary/aromatic N) is 1. The molecule has 1 atom stereocenters. The normalized spacial score (nSPS) is 16.8. The monoisotopic (exact) mass is 329 g/mol. The number of amides is 1. The van der Waals surface area contributed by atoms with Crippen molar-refractivity contribution in [3.8, 4) is 0 Å². The van der Waals surface area contributed by atoms with Gasteiger partial charge in [-0.1, -0.05) is 35.9 Å². The molecule has 0 aliphatic carbocycles. The Morgan fingerprint density at radius 1 is 1.35 bits per heavy atom. The minimum Gasteiger partial charge on any atom is -0.360 e. The highest BCUT2D eigenvalue weighted by molar-refractivity contribution is 6.33. The zero-order valence-electron chi connectivity index (χ0n) is 13.1. The minimum atomic E-state index is -0.0975. The molecule has 5 heteroatoms. The highest BCUT2D eigenvalue weighted by atomic mass is 35.5. The zero-order valence-corrected chi connectivity index (χ0v) is 13.8. The van der Waals surface area contributed by atoms with Gasteiger partial charge in [-0.25, -0.2) is 0 Å². The van der Waals surface area contributed by atoms with E-state index in [1.165, 1.54) is 5.56 Å². The predicted octanol–water partition coefficient (Wildman–Crippen LogP) is 2.98. The van der Waals surface area contributed by atoms with Crippen molar-refractivity contribution >= 4 is 28.9 Å². The van der Waals surface area contributed by atoms with Crippen LogP contribution in [0.5, 0.6) is 0 Å². The Morgan fingerprint density at radius 2 is 2.13 bits per heavy atom. The number of nitrogens with two attached hydrogens (primary N) is 1. The van der Waals surface area contributed by atoms with E-state index in [9.17, 15) is 4.79 Å². The SMILES string of the molecule is Cc1ccc(NC(=O)CN2CC(N)Cc3ccccc32)c(Cl)c1. The minimum absolute atomic E-state index is 0.0423. The molecule has 1 amide bonds. The molecular formula is C18H20ClN3O. The topological polar surface area (TPSA) is 58.4 Å². The summed E-state index contributed by atoms with van der Waals surface area (Å²) in [6, 6.07) is 13.7. The summed E-state index contributed by atoms with van der Waals surface area (Å²) in [7, 11) is 0. The summed E-state index contributed by atoms with van der Waals surface area (Å²) in [5.74, 6) is -0.0975. The van der Waals surface area contributed by atoms with Crippen molar-refractivity contribution in [3.63, 3.8) is 0 Å². The summed E-state index contributed by atoms with van der Waals surface area (Å²) in [5.41, 5.74) is 10.1. The number of hydrogen-bond acceptors (Lipinski definition) is 3. The molecule has 3 rings (SSSR count). The molecule has 0 aromatic heterocycles. The number of para-hydroxylation sites is 1. The van der Waals surface area contributed by atoms with Crippen LogP contribution in [0, 0.1) is 6.92 Å². The molecule has 120 valence electrons. The third kappa shape index (κ3) is 3.66. The molecule has 1 heterocycles. The molecule has 0 spiro atoms. The third-order valence-corrected chi connectivity index (χ3v) is 4.32. The van der Waals surface area contributed by atoms with Crippen molar-refractivity contribution in [2.75, 3.05) is 23.3 Å². The first-order valence-electron chi connectivity index (χ1n) is 7.67. The smallest absolute Gasteiger partial charge is 0.243 e. The van der Waals surface area contributed by atoms with E-state index < -0.39 is 0 Å². The van der Waals surface area contributed by atoms with E-state index in [1.54, 1.807) is 0 Å². The Morgan fingerprint density at radius 3 is 2.91 bits per heavy atom. The van der Waals surface area contributed by atoms with Gasteiger partial charge >= 0.3 is 0 Å². The maximum atomic E-state index is 12.4. The van der Waals surface area contributed by atoms with Crippen molar-refractivity contribution in [2.24, 2.45) is 5.73 Å². The number of nitrogens with one attached hydrogen (secondary N) is 1. The van der Waals surface area contributed by atoms with E-state index in [-0.39, 0.29) is 18.5 Å². The average molecular weight is 330 g/mol. The summed E-state index contributed by atoms with van der Waals surface area (Å²) in [4.78, 5) is 14.4. The van der Waals surface area contributed by atoms with Gasteiger partial charge in [-0.15, -0.1) is 0 Å². The lowest BCUT2D eigenvalue weighted by Gasteiger charge is -2.34. The van der Waals surface area contributed by atoms with Gasteiger partial charge in [-0.2, -0.15) is 0 Å². The van der Waals surface area contributed by atoms with Crippen LogP contribution >= 0.6 is 11.6 Å². The molecule has 1 aliphatic heterocycles. The summed E-state index contributed by atoms with van der Waals surface area (Å²) >= 11 is 6.17. The molecule has 0 radical (unpaired) electrons. The van der Waals surface area contributed by atoms with Crippen molar-refractivity contribution < 1.29 is 4.79 Å². The lowest BCUT2D eigenvalue weighted by molar-refractivity contribution is -0.115. The summed E-state index contributed by atoms with van der Waals surface area (Å²) < 4.78 is 0. The molecule has 0 saturated heterocycles. The van der Waals surface area contributed by atoms with E-state index in [0.29, 0.717) is 17.3 Å². The maximum absolute atomic E-state index is 12.4. The van der Waals surface area contributed by atoms with Crippen LogP contribution in [0.15, 0.2) is 42.5 Å². The Bertz CT molecular complexity index is 732. The van der Waals surface area contributed by atoms with Crippen molar-refractivity contribution in [1.29, 1.82) is 0 Å². The standard InChI is InChI=1S/C18H20ClN3O/c1-12-6-7-16(15(19)8-12)21-18(23)11-22-10-14(20)9-13-4-2-3-5-17(13)22/h2-8,14H,9-11,20H2,1H3,(H,21,23). The van der Waals surface area contributed by atoms with Gasteiger partial charge in [-0.05, 0) is 42.7 Å². The number of benzene rings is 2. The van der Waals surface area contributed by atoms with E-state index in [1.807, 2.05) is 48.2 Å². The molecule has 3 N–H and O–H groups in total.